The van der Waals surface area contributed by atoms with Crippen LogP contribution in [0.25, 0.3) is 0 Å². The average Bonchev–Trinajstić information content (AvgIpc) is 2.25. The van der Waals surface area contributed by atoms with Gasteiger partial charge in [-0.25, -0.2) is 8.78 Å². The van der Waals surface area contributed by atoms with E-state index >= 15 is 0 Å². The summed E-state index contributed by atoms with van der Waals surface area (Å²) in [6.07, 6.45) is 0.746. The second-order valence-corrected chi connectivity index (χ2v) is 4.39. The van der Waals surface area contributed by atoms with Crippen LogP contribution in [0.1, 0.15) is 25.8 Å². The van der Waals surface area contributed by atoms with Gasteiger partial charge in [-0.2, -0.15) is 0 Å². The van der Waals surface area contributed by atoms with Crippen LogP contribution < -0.4 is 10.1 Å². The zero-order chi connectivity index (χ0) is 13.0. The number of hydrogen-bond acceptors (Lipinski definition) is 2. The molecule has 0 bridgehead atoms. The molecule has 17 heavy (non-hydrogen) atoms. The molecule has 0 saturated carbocycles. The third-order valence-electron chi connectivity index (χ3n) is 2.72. The van der Waals surface area contributed by atoms with E-state index < -0.39 is 11.6 Å². The Labute approximate surface area is 101 Å². The number of nitrogens with one attached hydrogen (secondary N) is 1. The molecule has 2 unspecified atom stereocenters. The number of benzene rings is 1. The predicted molar refractivity (Wildman–Crippen MR) is 64.3 cm³/mol. The van der Waals surface area contributed by atoms with Crippen molar-refractivity contribution in [2.24, 2.45) is 0 Å². The van der Waals surface area contributed by atoms with Crippen molar-refractivity contribution in [2.75, 3.05) is 7.05 Å². The minimum absolute atomic E-state index is 0.0546. The molecule has 0 aromatic heterocycles. The summed E-state index contributed by atoms with van der Waals surface area (Å²) in [6, 6.07) is 2.57. The summed E-state index contributed by atoms with van der Waals surface area (Å²) >= 11 is 0. The predicted octanol–water partition coefficient (Wildman–Crippen LogP) is 3.04. The second-order valence-electron chi connectivity index (χ2n) is 4.39. The van der Waals surface area contributed by atoms with Crippen molar-refractivity contribution in [3.63, 3.8) is 0 Å². The fraction of sp³-hybridized carbons (Fsp3) is 0.538. The number of hydrogen-bond donors (Lipinski definition) is 1. The standard InChI is InChI=1S/C13H19F2NO/c1-8-5-11(14)12(15)7-13(8)17-10(3)6-9(2)16-4/h5,7,9-10,16H,6H2,1-4H3. The Balaban J connectivity index is 2.71. The molecule has 0 aliphatic carbocycles. The summed E-state index contributed by atoms with van der Waals surface area (Å²) in [5, 5.41) is 3.10. The van der Waals surface area contributed by atoms with Crippen molar-refractivity contribution >= 4 is 0 Å². The normalized spacial score (nSPS) is 14.5. The molecule has 0 heterocycles. The van der Waals surface area contributed by atoms with Crippen molar-refractivity contribution in [3.05, 3.63) is 29.3 Å². The molecule has 4 heteroatoms. The third-order valence-corrected chi connectivity index (χ3v) is 2.72. The summed E-state index contributed by atoms with van der Waals surface area (Å²) in [7, 11) is 1.88. The fourth-order valence-corrected chi connectivity index (χ4v) is 1.64. The van der Waals surface area contributed by atoms with Gasteiger partial charge in [0.1, 0.15) is 5.75 Å². The first-order chi connectivity index (χ1) is 7.93. The second kappa shape index (κ2) is 5.96. The average molecular weight is 243 g/mol. The monoisotopic (exact) mass is 243 g/mol. The summed E-state index contributed by atoms with van der Waals surface area (Å²) < 4.78 is 31.6. The van der Waals surface area contributed by atoms with E-state index in [9.17, 15) is 8.78 Å². The van der Waals surface area contributed by atoms with E-state index in [0.29, 0.717) is 17.4 Å². The van der Waals surface area contributed by atoms with Gasteiger partial charge in [0, 0.05) is 12.1 Å². The van der Waals surface area contributed by atoms with E-state index in [0.717, 1.165) is 18.6 Å². The van der Waals surface area contributed by atoms with Crippen LogP contribution in [-0.2, 0) is 0 Å². The molecule has 1 rings (SSSR count). The van der Waals surface area contributed by atoms with Crippen LogP contribution >= 0.6 is 0 Å². The van der Waals surface area contributed by atoms with Gasteiger partial charge >= 0.3 is 0 Å². The van der Waals surface area contributed by atoms with Gasteiger partial charge in [-0.05, 0) is 45.9 Å². The van der Waals surface area contributed by atoms with Crippen LogP contribution in [0.5, 0.6) is 5.75 Å². The van der Waals surface area contributed by atoms with E-state index in [1.807, 2.05) is 20.9 Å². The first-order valence-electron chi connectivity index (χ1n) is 5.73. The lowest BCUT2D eigenvalue weighted by molar-refractivity contribution is 0.195. The van der Waals surface area contributed by atoms with Gasteiger partial charge in [-0.3, -0.25) is 0 Å². The molecule has 0 spiro atoms. The van der Waals surface area contributed by atoms with E-state index in [4.69, 9.17) is 4.74 Å². The number of aryl methyl sites for hydroxylation is 1. The van der Waals surface area contributed by atoms with E-state index in [2.05, 4.69) is 5.32 Å². The third kappa shape index (κ3) is 3.97. The molecule has 0 aliphatic heterocycles. The fourth-order valence-electron chi connectivity index (χ4n) is 1.64. The highest BCUT2D eigenvalue weighted by Gasteiger charge is 2.12. The molecular weight excluding hydrogens is 224 g/mol. The highest BCUT2D eigenvalue weighted by Crippen LogP contribution is 2.23. The van der Waals surface area contributed by atoms with Gasteiger partial charge in [-0.15, -0.1) is 0 Å². The number of rotatable bonds is 5. The van der Waals surface area contributed by atoms with Crippen LogP contribution in [0.2, 0.25) is 0 Å². The van der Waals surface area contributed by atoms with Crippen LogP contribution in [0.3, 0.4) is 0 Å². The number of halogens is 2. The smallest absolute Gasteiger partial charge is 0.162 e. The zero-order valence-electron chi connectivity index (χ0n) is 10.7. The maximum atomic E-state index is 13.1. The molecule has 0 saturated heterocycles. The first kappa shape index (κ1) is 13.9. The molecule has 0 radical (unpaired) electrons. The zero-order valence-corrected chi connectivity index (χ0v) is 10.7. The summed E-state index contributed by atoms with van der Waals surface area (Å²) in [4.78, 5) is 0. The molecule has 1 N–H and O–H groups in total. The van der Waals surface area contributed by atoms with Crippen molar-refractivity contribution in [1.82, 2.24) is 5.32 Å². The molecule has 0 fully saturated rings. The molecule has 1 aromatic rings. The molecule has 0 aliphatic rings. The van der Waals surface area contributed by atoms with Gasteiger partial charge in [0.15, 0.2) is 11.6 Å². The minimum Gasteiger partial charge on any atom is -0.490 e. The molecular formula is C13H19F2NO. The maximum absolute atomic E-state index is 13.1. The first-order valence-corrected chi connectivity index (χ1v) is 5.73. The van der Waals surface area contributed by atoms with E-state index in [1.165, 1.54) is 0 Å². The Kier molecular flexibility index (Phi) is 4.87. The molecule has 1 aromatic carbocycles. The maximum Gasteiger partial charge on any atom is 0.162 e. The Hall–Kier alpha value is -1.16. The lowest BCUT2D eigenvalue weighted by atomic mass is 10.1. The van der Waals surface area contributed by atoms with Crippen LogP contribution in [0, 0.1) is 18.6 Å². The van der Waals surface area contributed by atoms with Crippen molar-refractivity contribution < 1.29 is 13.5 Å². The quantitative estimate of drug-likeness (QED) is 0.858. The summed E-state index contributed by atoms with van der Waals surface area (Å²) in [5.74, 6) is -1.31. The van der Waals surface area contributed by atoms with Gasteiger partial charge in [0.2, 0.25) is 0 Å². The lowest BCUT2D eigenvalue weighted by Gasteiger charge is -2.19. The van der Waals surface area contributed by atoms with Crippen LogP contribution in [0.15, 0.2) is 12.1 Å². The van der Waals surface area contributed by atoms with Crippen LogP contribution in [0.4, 0.5) is 8.78 Å². The van der Waals surface area contributed by atoms with Gasteiger partial charge in [-0.1, -0.05) is 0 Å². The van der Waals surface area contributed by atoms with Crippen LogP contribution in [-0.4, -0.2) is 19.2 Å². The minimum atomic E-state index is -0.875. The summed E-state index contributed by atoms with van der Waals surface area (Å²) in [5.41, 5.74) is 0.605. The van der Waals surface area contributed by atoms with Crippen molar-refractivity contribution in [1.29, 1.82) is 0 Å². The molecule has 2 atom stereocenters. The van der Waals surface area contributed by atoms with E-state index in [-0.39, 0.29) is 6.10 Å². The Morgan fingerprint density at radius 1 is 1.24 bits per heavy atom. The van der Waals surface area contributed by atoms with Gasteiger partial charge < -0.3 is 10.1 Å². The van der Waals surface area contributed by atoms with Crippen molar-refractivity contribution in [2.45, 2.75) is 39.3 Å². The Bertz CT molecular complexity index is 382. The topological polar surface area (TPSA) is 21.3 Å². The Morgan fingerprint density at radius 3 is 2.41 bits per heavy atom. The highest BCUT2D eigenvalue weighted by atomic mass is 19.2. The molecule has 0 amide bonds. The lowest BCUT2D eigenvalue weighted by Crippen LogP contribution is -2.28. The van der Waals surface area contributed by atoms with E-state index in [1.54, 1.807) is 6.92 Å². The SMILES string of the molecule is CNC(C)CC(C)Oc1cc(F)c(F)cc1C. The summed E-state index contributed by atoms with van der Waals surface area (Å²) in [6.45, 7) is 5.65. The van der Waals surface area contributed by atoms with Crippen molar-refractivity contribution in [3.8, 4) is 5.75 Å². The largest absolute Gasteiger partial charge is 0.490 e. The van der Waals surface area contributed by atoms with Gasteiger partial charge in [0.05, 0.1) is 6.10 Å². The van der Waals surface area contributed by atoms with Gasteiger partial charge in [0.25, 0.3) is 0 Å². The highest BCUT2D eigenvalue weighted by molar-refractivity contribution is 5.33. The Morgan fingerprint density at radius 2 is 1.82 bits per heavy atom. The molecule has 2 nitrogen and oxygen atoms in total. The number of ether oxygens (including phenoxy) is 1. The molecule has 96 valence electrons.